The second-order valence-corrected chi connectivity index (χ2v) is 8.60. The molecule has 4 rings (SSSR count). The van der Waals surface area contributed by atoms with Gasteiger partial charge >= 0.3 is 0 Å². The van der Waals surface area contributed by atoms with Crippen molar-refractivity contribution in [1.82, 2.24) is 0 Å². The van der Waals surface area contributed by atoms with Crippen LogP contribution in [0.15, 0.2) is 66.2 Å². The minimum atomic E-state index is -0.821. The molecule has 1 fully saturated rings. The van der Waals surface area contributed by atoms with E-state index in [-0.39, 0.29) is 11.3 Å². The third-order valence-corrected chi connectivity index (χ3v) is 6.30. The molecule has 0 aliphatic carbocycles. The molecule has 35 heavy (non-hydrogen) atoms. The molecule has 3 aromatic carbocycles. The molecular weight excluding hydrogens is 442 g/mol. The number of para-hydroxylation sites is 1. The van der Waals surface area contributed by atoms with Crippen molar-refractivity contribution >= 4 is 23.1 Å². The van der Waals surface area contributed by atoms with Gasteiger partial charge < -0.3 is 14.6 Å². The first-order valence-corrected chi connectivity index (χ1v) is 11.5. The molecule has 1 amide bonds. The van der Waals surface area contributed by atoms with Crippen molar-refractivity contribution in [1.29, 1.82) is 0 Å². The lowest BCUT2D eigenvalue weighted by molar-refractivity contribution is -0.132. The van der Waals surface area contributed by atoms with Crippen LogP contribution >= 0.6 is 0 Å². The van der Waals surface area contributed by atoms with Crippen LogP contribution in [-0.4, -0.2) is 30.5 Å². The number of aliphatic hydroxyl groups is 1. The smallest absolute Gasteiger partial charge is 0.300 e. The monoisotopic (exact) mass is 471 g/mol. The number of carbonyl (C=O) groups excluding carboxylic acids is 2. The van der Waals surface area contributed by atoms with Gasteiger partial charge in [0, 0.05) is 11.3 Å². The predicted octanol–water partition coefficient (Wildman–Crippen LogP) is 5.65. The summed E-state index contributed by atoms with van der Waals surface area (Å²) in [6.45, 7) is 7.95. The maximum atomic E-state index is 13.5. The van der Waals surface area contributed by atoms with Crippen LogP contribution in [-0.2, 0) is 9.59 Å². The standard InChI is InChI=1S/C29H29NO5/c1-6-35-21-12-9-11-20(16-21)26-25(27(31)22-14-19(4)24(34-5)15-18(22)3)28(32)29(33)30(26)23-13-8-7-10-17(23)2/h7-16,26,31H,6H2,1-5H3/b27-25+. The van der Waals surface area contributed by atoms with Crippen LogP contribution in [0, 0.1) is 20.8 Å². The molecule has 180 valence electrons. The van der Waals surface area contributed by atoms with Crippen LogP contribution in [0.4, 0.5) is 5.69 Å². The normalized spacial score (nSPS) is 17.1. The van der Waals surface area contributed by atoms with Crippen molar-refractivity contribution in [3.63, 3.8) is 0 Å². The van der Waals surface area contributed by atoms with Gasteiger partial charge in [0.25, 0.3) is 11.7 Å². The lowest BCUT2D eigenvalue weighted by atomic mass is 9.92. The Labute approximate surface area is 205 Å². The molecule has 6 heteroatoms. The number of carbonyl (C=O) groups is 2. The van der Waals surface area contributed by atoms with E-state index in [0.717, 1.165) is 16.7 Å². The minimum Gasteiger partial charge on any atom is -0.507 e. The van der Waals surface area contributed by atoms with E-state index in [1.807, 2.05) is 82.3 Å². The van der Waals surface area contributed by atoms with E-state index in [0.29, 0.717) is 34.9 Å². The number of aliphatic hydroxyl groups excluding tert-OH is 1. The molecular formula is C29H29NO5. The third kappa shape index (κ3) is 4.28. The summed E-state index contributed by atoms with van der Waals surface area (Å²) in [6, 6.07) is 17.5. The molecule has 0 saturated carbocycles. The number of nitrogens with zero attached hydrogens (tertiary/aromatic N) is 1. The molecule has 0 aromatic heterocycles. The summed E-state index contributed by atoms with van der Waals surface area (Å²) >= 11 is 0. The Morgan fingerprint density at radius 1 is 0.943 bits per heavy atom. The molecule has 1 N–H and O–H groups in total. The average molecular weight is 472 g/mol. The molecule has 0 spiro atoms. The van der Waals surface area contributed by atoms with E-state index in [1.165, 1.54) is 4.90 Å². The molecule has 1 unspecified atom stereocenters. The van der Waals surface area contributed by atoms with E-state index < -0.39 is 17.7 Å². The fraction of sp³-hybridized carbons (Fsp3) is 0.241. The second kappa shape index (κ2) is 9.66. The van der Waals surface area contributed by atoms with Crippen molar-refractivity contribution in [3.05, 3.63) is 94.1 Å². The van der Waals surface area contributed by atoms with Crippen molar-refractivity contribution in [2.24, 2.45) is 0 Å². The van der Waals surface area contributed by atoms with Crippen LogP contribution in [0.25, 0.3) is 5.76 Å². The number of rotatable bonds is 6. The minimum absolute atomic E-state index is 0.0413. The van der Waals surface area contributed by atoms with E-state index in [4.69, 9.17) is 9.47 Å². The molecule has 1 aliphatic heterocycles. The number of amides is 1. The van der Waals surface area contributed by atoms with Gasteiger partial charge in [-0.2, -0.15) is 0 Å². The lowest BCUT2D eigenvalue weighted by Crippen LogP contribution is -2.30. The van der Waals surface area contributed by atoms with Crippen LogP contribution in [0.1, 0.15) is 40.8 Å². The van der Waals surface area contributed by atoms with Crippen LogP contribution in [0.2, 0.25) is 0 Å². The highest BCUT2D eigenvalue weighted by atomic mass is 16.5. The Bertz CT molecular complexity index is 1340. The number of ether oxygens (including phenoxy) is 2. The summed E-state index contributed by atoms with van der Waals surface area (Å²) in [4.78, 5) is 28.4. The highest BCUT2D eigenvalue weighted by Crippen LogP contribution is 2.44. The van der Waals surface area contributed by atoms with E-state index >= 15 is 0 Å². The van der Waals surface area contributed by atoms with Crippen molar-refractivity contribution in [3.8, 4) is 11.5 Å². The number of ketones is 1. The maximum absolute atomic E-state index is 13.5. The number of methoxy groups -OCH3 is 1. The number of hydrogen-bond acceptors (Lipinski definition) is 5. The van der Waals surface area contributed by atoms with Gasteiger partial charge in [-0.05, 0) is 80.3 Å². The summed E-state index contributed by atoms with van der Waals surface area (Å²) < 4.78 is 11.1. The van der Waals surface area contributed by atoms with Gasteiger partial charge in [0.1, 0.15) is 17.3 Å². The number of aryl methyl sites for hydroxylation is 3. The molecule has 0 bridgehead atoms. The second-order valence-electron chi connectivity index (χ2n) is 8.60. The third-order valence-electron chi connectivity index (χ3n) is 6.30. The zero-order valence-electron chi connectivity index (χ0n) is 20.6. The zero-order valence-corrected chi connectivity index (χ0v) is 20.6. The summed E-state index contributed by atoms with van der Waals surface area (Å²) in [5.41, 5.74) is 4.19. The Kier molecular flexibility index (Phi) is 6.65. The Morgan fingerprint density at radius 2 is 1.69 bits per heavy atom. The van der Waals surface area contributed by atoms with Gasteiger partial charge in [-0.1, -0.05) is 30.3 Å². The predicted molar refractivity (Wildman–Crippen MR) is 136 cm³/mol. The SMILES string of the molecule is CCOc1cccc(C2/C(=C(\O)c3cc(C)c(OC)cc3C)C(=O)C(=O)N2c2ccccc2C)c1. The summed E-state index contributed by atoms with van der Waals surface area (Å²) in [6.07, 6.45) is 0. The topological polar surface area (TPSA) is 76.1 Å². The summed E-state index contributed by atoms with van der Waals surface area (Å²) in [7, 11) is 1.58. The van der Waals surface area contributed by atoms with Crippen LogP contribution in [0.5, 0.6) is 11.5 Å². The van der Waals surface area contributed by atoms with E-state index in [1.54, 1.807) is 13.2 Å². The van der Waals surface area contributed by atoms with Gasteiger partial charge in [0.2, 0.25) is 0 Å². The highest BCUT2D eigenvalue weighted by molar-refractivity contribution is 6.51. The van der Waals surface area contributed by atoms with Gasteiger partial charge in [0.15, 0.2) is 0 Å². The Morgan fingerprint density at radius 3 is 2.37 bits per heavy atom. The maximum Gasteiger partial charge on any atom is 0.300 e. The Balaban J connectivity index is 1.99. The summed E-state index contributed by atoms with van der Waals surface area (Å²) in [5, 5.41) is 11.5. The number of Topliss-reactive ketones (excluding diaryl/α,β-unsaturated/α-hetero) is 1. The van der Waals surface area contributed by atoms with Crippen molar-refractivity contribution < 1.29 is 24.2 Å². The Hall–Kier alpha value is -4.06. The first-order valence-electron chi connectivity index (χ1n) is 11.5. The summed E-state index contributed by atoms with van der Waals surface area (Å²) in [5.74, 6) is -0.326. The molecule has 3 aromatic rings. The van der Waals surface area contributed by atoms with Crippen molar-refractivity contribution in [2.45, 2.75) is 33.7 Å². The molecule has 0 radical (unpaired) electrons. The van der Waals surface area contributed by atoms with Crippen LogP contribution in [0.3, 0.4) is 0 Å². The molecule has 1 saturated heterocycles. The van der Waals surface area contributed by atoms with Gasteiger partial charge in [0.05, 0.1) is 25.3 Å². The van der Waals surface area contributed by atoms with Gasteiger partial charge in [-0.15, -0.1) is 0 Å². The van der Waals surface area contributed by atoms with Crippen LogP contribution < -0.4 is 14.4 Å². The first kappa shape index (κ1) is 24.1. The number of anilines is 1. The largest absolute Gasteiger partial charge is 0.507 e. The van der Waals surface area contributed by atoms with Gasteiger partial charge in [-0.3, -0.25) is 14.5 Å². The fourth-order valence-electron chi connectivity index (χ4n) is 4.58. The molecule has 6 nitrogen and oxygen atoms in total. The molecule has 1 aliphatic rings. The zero-order chi connectivity index (χ0) is 25.3. The van der Waals surface area contributed by atoms with E-state index in [9.17, 15) is 14.7 Å². The molecule has 1 atom stereocenters. The van der Waals surface area contributed by atoms with Crippen molar-refractivity contribution in [2.75, 3.05) is 18.6 Å². The quantitative estimate of drug-likeness (QED) is 0.286. The van der Waals surface area contributed by atoms with Gasteiger partial charge in [-0.25, -0.2) is 0 Å². The first-order chi connectivity index (χ1) is 16.8. The lowest BCUT2D eigenvalue weighted by Gasteiger charge is -2.27. The fourth-order valence-corrected chi connectivity index (χ4v) is 4.58. The highest BCUT2D eigenvalue weighted by Gasteiger charge is 2.47. The van der Waals surface area contributed by atoms with E-state index in [2.05, 4.69) is 0 Å². The number of benzene rings is 3. The molecule has 1 heterocycles. The number of hydrogen-bond donors (Lipinski definition) is 1. The average Bonchev–Trinajstić information content (AvgIpc) is 3.11.